The minimum Gasteiger partial charge on any atom is -0.492 e. The zero-order valence-corrected chi connectivity index (χ0v) is 46.1. The number of hydrogen-bond acceptors (Lipinski definition) is 12. The second-order valence-corrected chi connectivity index (χ2v) is 27.9. The molecular weight excluding hydrogens is 951 g/mol. The molecular formula is C55H73N5O10SSi. The summed E-state index contributed by atoms with van der Waals surface area (Å²) in [5, 5.41) is 10.7. The number of nitrogens with one attached hydrogen (secondary N) is 4. The molecule has 0 saturated carbocycles. The Morgan fingerprint density at radius 1 is 0.736 bits per heavy atom. The summed E-state index contributed by atoms with van der Waals surface area (Å²) >= 11 is 0. The number of methoxy groups -OCH3 is 1. The van der Waals surface area contributed by atoms with E-state index in [0.29, 0.717) is 63.1 Å². The fourth-order valence-electron chi connectivity index (χ4n) is 8.62. The number of aromatic nitrogens is 1. The zero-order valence-electron chi connectivity index (χ0n) is 44.3. The Labute approximate surface area is 427 Å². The van der Waals surface area contributed by atoms with Crippen LogP contribution in [0.2, 0.25) is 16.6 Å². The predicted octanol–water partition coefficient (Wildman–Crippen LogP) is 12.4. The average molecular weight is 1020 g/mol. The molecule has 5 aromatic rings. The van der Waals surface area contributed by atoms with Gasteiger partial charge < -0.3 is 44.4 Å². The molecule has 1 aromatic heterocycles. The summed E-state index contributed by atoms with van der Waals surface area (Å²) in [7, 11) is -4.31. The molecule has 0 spiro atoms. The van der Waals surface area contributed by atoms with Gasteiger partial charge in [-0.2, -0.15) is 0 Å². The number of sulfonamides is 1. The van der Waals surface area contributed by atoms with Crippen molar-refractivity contribution in [1.29, 1.82) is 0 Å². The molecule has 0 aliphatic carbocycles. The first kappa shape index (κ1) is 56.6. The number of urea groups is 1. The maximum absolute atomic E-state index is 13.7. The molecule has 15 nitrogen and oxygen atoms in total. The highest BCUT2D eigenvalue weighted by atomic mass is 32.2. The van der Waals surface area contributed by atoms with E-state index in [-0.39, 0.29) is 49.0 Å². The van der Waals surface area contributed by atoms with E-state index >= 15 is 0 Å². The van der Waals surface area contributed by atoms with E-state index in [2.05, 4.69) is 78.7 Å². The minimum atomic E-state index is -3.66. The van der Waals surface area contributed by atoms with Crippen molar-refractivity contribution in [3.05, 3.63) is 96.2 Å². The van der Waals surface area contributed by atoms with Gasteiger partial charge >= 0.3 is 12.0 Å². The fraction of sp³-hybridized carbons (Fsp3) is 0.436. The number of hydrogen-bond donors (Lipinski definition) is 4. The lowest BCUT2D eigenvalue weighted by molar-refractivity contribution is -0.160. The molecule has 0 fully saturated rings. The third kappa shape index (κ3) is 16.1. The molecule has 0 atom stereocenters. The number of fused-ring (bicyclic) bond motifs is 1. The van der Waals surface area contributed by atoms with Gasteiger partial charge in [-0.25, -0.2) is 23.0 Å². The second-order valence-electron chi connectivity index (χ2n) is 20.6. The van der Waals surface area contributed by atoms with Gasteiger partial charge in [-0.1, -0.05) is 92.5 Å². The molecule has 0 radical (unpaired) electrons. The lowest BCUT2D eigenvalue weighted by atomic mass is 9.86. The first-order valence-corrected chi connectivity index (χ1v) is 28.3. The van der Waals surface area contributed by atoms with Crippen molar-refractivity contribution in [2.24, 2.45) is 0 Å². The van der Waals surface area contributed by atoms with Gasteiger partial charge in [0.1, 0.15) is 50.0 Å². The molecule has 17 heteroatoms. The molecule has 2 amide bonds. The third-order valence-corrected chi connectivity index (χ3v) is 18.7. The van der Waals surface area contributed by atoms with Crippen molar-refractivity contribution in [1.82, 2.24) is 4.98 Å². The number of rotatable bonds is 21. The van der Waals surface area contributed by atoms with Crippen molar-refractivity contribution in [3.63, 3.8) is 0 Å². The lowest BCUT2D eigenvalue weighted by Crippen LogP contribution is -2.43. The van der Waals surface area contributed by atoms with Crippen molar-refractivity contribution >= 4 is 69.4 Å². The fourth-order valence-corrected chi connectivity index (χ4v) is 14.4. The summed E-state index contributed by atoms with van der Waals surface area (Å²) in [5.74, 6) is 5.49. The third-order valence-electron chi connectivity index (χ3n) is 11.8. The number of carbonyl (C=O) groups excluding carboxylic acids is 2. The van der Waals surface area contributed by atoms with E-state index in [1.807, 2.05) is 84.0 Å². The Kier molecular flexibility index (Phi) is 19.2. The van der Waals surface area contributed by atoms with Crippen LogP contribution in [0.15, 0.2) is 85.1 Å². The van der Waals surface area contributed by atoms with Crippen LogP contribution in [0.25, 0.3) is 10.8 Å². The highest BCUT2D eigenvalue weighted by molar-refractivity contribution is 7.92. The largest absolute Gasteiger partial charge is 0.492 e. The summed E-state index contributed by atoms with van der Waals surface area (Å²) in [6, 6.07) is 23.4. The topological polar surface area (TPSA) is 185 Å². The minimum absolute atomic E-state index is 0.145. The van der Waals surface area contributed by atoms with Crippen molar-refractivity contribution in [2.75, 3.05) is 67.1 Å². The maximum atomic E-state index is 13.7. The summed E-state index contributed by atoms with van der Waals surface area (Å²) in [4.78, 5) is 30.2. The molecule has 4 aromatic carbocycles. The zero-order chi connectivity index (χ0) is 53.0. The number of amides is 2. The van der Waals surface area contributed by atoms with Crippen LogP contribution in [0.5, 0.6) is 23.0 Å². The van der Waals surface area contributed by atoms with Gasteiger partial charge in [-0.3, -0.25) is 4.72 Å². The first-order chi connectivity index (χ1) is 33.8. The number of anilines is 5. The molecule has 0 unspecified atom stereocenters. The Balaban J connectivity index is 1.35. The van der Waals surface area contributed by atoms with E-state index in [1.165, 1.54) is 7.11 Å². The van der Waals surface area contributed by atoms with Gasteiger partial charge in [0, 0.05) is 40.4 Å². The van der Waals surface area contributed by atoms with Crippen LogP contribution in [0.3, 0.4) is 0 Å². The van der Waals surface area contributed by atoms with Crippen molar-refractivity contribution in [3.8, 4) is 34.5 Å². The van der Waals surface area contributed by atoms with E-state index in [1.54, 1.807) is 42.6 Å². The Morgan fingerprint density at radius 3 is 2.01 bits per heavy atom. The highest BCUT2D eigenvalue weighted by Gasteiger charge is 2.41. The van der Waals surface area contributed by atoms with Gasteiger partial charge in [-0.05, 0) is 90.8 Å². The summed E-state index contributed by atoms with van der Waals surface area (Å²) in [5.41, 5.74) is 7.55. The summed E-state index contributed by atoms with van der Waals surface area (Å²) < 4.78 is 61.8. The Bertz CT molecular complexity index is 2840. The van der Waals surface area contributed by atoms with Crippen LogP contribution in [-0.2, 0) is 34.4 Å². The number of benzene rings is 4. The molecule has 0 saturated heterocycles. The lowest BCUT2D eigenvalue weighted by Gasteiger charge is -2.38. The monoisotopic (exact) mass is 1020 g/mol. The van der Waals surface area contributed by atoms with Gasteiger partial charge in [0.2, 0.25) is 10.0 Å². The first-order valence-electron chi connectivity index (χ1n) is 24.2. The number of pyridine rings is 1. The van der Waals surface area contributed by atoms with Crippen molar-refractivity contribution < 1.29 is 46.4 Å². The van der Waals surface area contributed by atoms with Gasteiger partial charge in [-0.15, -0.1) is 5.54 Å². The number of nitrogens with zero attached hydrogens (tertiary/aromatic N) is 1. The van der Waals surface area contributed by atoms with E-state index in [9.17, 15) is 18.0 Å². The molecule has 72 heavy (non-hydrogen) atoms. The van der Waals surface area contributed by atoms with Crippen LogP contribution < -0.4 is 34.9 Å². The molecule has 5 rings (SSSR count). The normalized spacial score (nSPS) is 12.1. The quantitative estimate of drug-likeness (QED) is 0.0236. The summed E-state index contributed by atoms with van der Waals surface area (Å²) in [6.07, 6.45) is 2.71. The van der Waals surface area contributed by atoms with Crippen LogP contribution in [0.4, 0.5) is 33.4 Å². The molecule has 388 valence electrons. The van der Waals surface area contributed by atoms with Crippen molar-refractivity contribution in [2.45, 2.75) is 111 Å². The van der Waals surface area contributed by atoms with E-state index in [0.717, 1.165) is 22.8 Å². The van der Waals surface area contributed by atoms with Gasteiger partial charge in [0.25, 0.3) is 0 Å². The van der Waals surface area contributed by atoms with Crippen LogP contribution in [0, 0.1) is 11.5 Å². The highest BCUT2D eigenvalue weighted by Crippen LogP contribution is 2.42. The van der Waals surface area contributed by atoms with Crippen LogP contribution >= 0.6 is 0 Å². The molecule has 0 aliphatic heterocycles. The SMILES string of the molecule is COc1c(NC(=O)Nc2ccc(Oc3ccnc(Nc4cc(C#C[Si](C(C)C)(C(C)C)C(C)C)cc(OCCOCCOCC(=O)OC(C)(C)C)c4)c3)c3ccccc23)cc(C(C)(C)C)cc1NS(C)(=O)=O. The second kappa shape index (κ2) is 24.4. The predicted molar refractivity (Wildman–Crippen MR) is 292 cm³/mol. The standard InChI is InChI=1S/C55H73N5O10SSi/c1-36(2)72(37(3)4,38(5)6)28-22-39-29-41(33-43(30-39)68-27-26-66-24-25-67-35-51(61)70-55(10,11)12)57-50-34-42(21-23-56-50)69-49-20-19-46(44-17-15-16-18-45(44)49)58-53(62)59-47-31-40(54(7,8)9)32-48(52(47)65-13)60-71(14,63)64/h15-21,23,29-34,36-38,60H,24-27,35H2,1-14H3,(H,56,57)(H2,58,59,62). The maximum Gasteiger partial charge on any atom is 0.332 e. The molecule has 4 N–H and O–H groups in total. The number of esters is 1. The average Bonchev–Trinajstić information content (AvgIpc) is 3.26. The van der Waals surface area contributed by atoms with Gasteiger partial charge in [0.05, 0.1) is 50.2 Å². The van der Waals surface area contributed by atoms with Crippen LogP contribution in [0.1, 0.15) is 94.2 Å². The molecule has 0 bridgehead atoms. The summed E-state index contributed by atoms with van der Waals surface area (Å²) in [6.45, 7) is 26.1. The van der Waals surface area contributed by atoms with E-state index in [4.69, 9.17) is 28.4 Å². The van der Waals surface area contributed by atoms with Crippen LogP contribution in [-0.4, -0.2) is 85.5 Å². The molecule has 1 heterocycles. The molecule has 0 aliphatic rings. The van der Waals surface area contributed by atoms with E-state index < -0.39 is 35.7 Å². The van der Waals surface area contributed by atoms with Gasteiger partial charge in [0.15, 0.2) is 5.75 Å². The number of carbonyl (C=O) groups is 2. The Hall–Kier alpha value is -6.32. The smallest absolute Gasteiger partial charge is 0.332 e. The Morgan fingerprint density at radius 2 is 1.38 bits per heavy atom. The number of ether oxygens (including phenoxy) is 6.